The summed E-state index contributed by atoms with van der Waals surface area (Å²) in [5.74, 6) is 0.679. The van der Waals surface area contributed by atoms with Gasteiger partial charge in [0, 0.05) is 26.2 Å². The first-order chi connectivity index (χ1) is 9.89. The van der Waals surface area contributed by atoms with Gasteiger partial charge in [0.25, 0.3) is 0 Å². The summed E-state index contributed by atoms with van der Waals surface area (Å²) >= 11 is 0. The Labute approximate surface area is 127 Å². The molecule has 1 aliphatic heterocycles. The zero-order chi connectivity index (χ0) is 15.7. The monoisotopic (exact) mass is 320 g/mol. The normalized spacial score (nSPS) is 20.7. The van der Waals surface area contributed by atoms with Gasteiger partial charge >= 0.3 is 0 Å². The van der Waals surface area contributed by atoms with E-state index in [-0.39, 0.29) is 24.4 Å². The molecule has 21 heavy (non-hydrogen) atoms. The third-order valence-electron chi connectivity index (χ3n) is 3.11. The third kappa shape index (κ3) is 8.90. The number of hydrogen-bond acceptors (Lipinski definition) is 4. The van der Waals surface area contributed by atoms with Gasteiger partial charge in [0.1, 0.15) is 0 Å². The van der Waals surface area contributed by atoms with Gasteiger partial charge in [-0.1, -0.05) is 13.8 Å². The van der Waals surface area contributed by atoms with Gasteiger partial charge in [-0.2, -0.15) is 0 Å². The second-order valence-electron chi connectivity index (χ2n) is 5.70. The van der Waals surface area contributed by atoms with E-state index in [4.69, 9.17) is 10.5 Å². The van der Waals surface area contributed by atoms with Crippen molar-refractivity contribution in [3.05, 3.63) is 0 Å². The minimum atomic E-state index is -3.31. The van der Waals surface area contributed by atoms with Crippen molar-refractivity contribution in [3.8, 4) is 0 Å². The Morgan fingerprint density at radius 2 is 2.19 bits per heavy atom. The lowest BCUT2D eigenvalue weighted by Crippen LogP contribution is -2.41. The molecular formula is C13H28N4O3S. The number of nitrogens with two attached hydrogens (primary N) is 1. The molecule has 0 amide bonds. The average Bonchev–Trinajstić information content (AvgIpc) is 2.44. The lowest BCUT2D eigenvalue weighted by Gasteiger charge is -2.22. The molecule has 0 spiro atoms. The van der Waals surface area contributed by atoms with E-state index < -0.39 is 10.0 Å². The Balaban J connectivity index is 2.21. The largest absolute Gasteiger partial charge is 0.377 e. The molecule has 0 bridgehead atoms. The molecule has 0 aromatic rings. The molecule has 0 aromatic heterocycles. The van der Waals surface area contributed by atoms with E-state index in [0.717, 1.165) is 25.9 Å². The predicted octanol–water partition coefficient (Wildman–Crippen LogP) is 0.0352. The number of aliphatic imine (C=N–C) groups is 1. The van der Waals surface area contributed by atoms with Crippen molar-refractivity contribution in [2.45, 2.75) is 39.2 Å². The number of sulfonamides is 1. The first-order valence-electron chi connectivity index (χ1n) is 7.52. The maximum Gasteiger partial charge on any atom is 0.213 e. The van der Waals surface area contributed by atoms with E-state index in [1.807, 2.05) is 13.8 Å². The molecule has 7 nitrogen and oxygen atoms in total. The number of ether oxygens (including phenoxy) is 1. The second-order valence-corrected chi connectivity index (χ2v) is 7.63. The third-order valence-corrected chi connectivity index (χ3v) is 4.46. The van der Waals surface area contributed by atoms with Crippen molar-refractivity contribution < 1.29 is 13.2 Å². The summed E-state index contributed by atoms with van der Waals surface area (Å²) in [6, 6.07) is 0. The summed E-state index contributed by atoms with van der Waals surface area (Å²) < 4.78 is 31.7. The maximum absolute atomic E-state index is 11.8. The molecular weight excluding hydrogens is 292 g/mol. The molecule has 1 atom stereocenters. The smallest absolute Gasteiger partial charge is 0.213 e. The topological polar surface area (TPSA) is 106 Å². The van der Waals surface area contributed by atoms with Crippen LogP contribution in [0.3, 0.4) is 0 Å². The van der Waals surface area contributed by atoms with Gasteiger partial charge in [0.15, 0.2) is 5.96 Å². The van der Waals surface area contributed by atoms with Crippen LogP contribution in [0.1, 0.15) is 33.1 Å². The maximum atomic E-state index is 11.8. The standard InChI is InChI=1S/C13H28N4O3S/c1-11(2)9-16-13(14)15-6-8-21(18,19)17-10-12-5-3-4-7-20-12/h11-12,17H,3-10H2,1-2H3,(H3,14,15,16). The summed E-state index contributed by atoms with van der Waals surface area (Å²) in [4.78, 5) is 4.11. The van der Waals surface area contributed by atoms with Crippen LogP contribution in [0.4, 0.5) is 0 Å². The molecule has 0 saturated carbocycles. The molecule has 8 heteroatoms. The summed E-state index contributed by atoms with van der Waals surface area (Å²) in [7, 11) is -3.31. The van der Waals surface area contributed by atoms with E-state index in [2.05, 4.69) is 15.0 Å². The SMILES string of the molecule is CC(C)CN=C(N)NCCS(=O)(=O)NCC1CCCCO1. The van der Waals surface area contributed by atoms with Crippen molar-refractivity contribution in [2.24, 2.45) is 16.6 Å². The van der Waals surface area contributed by atoms with Crippen LogP contribution in [0.25, 0.3) is 0 Å². The van der Waals surface area contributed by atoms with Crippen LogP contribution < -0.4 is 15.8 Å². The molecule has 1 fully saturated rings. The molecule has 124 valence electrons. The predicted molar refractivity (Wildman–Crippen MR) is 84.7 cm³/mol. The van der Waals surface area contributed by atoms with E-state index in [1.165, 1.54) is 0 Å². The van der Waals surface area contributed by atoms with E-state index in [0.29, 0.717) is 19.0 Å². The minimum absolute atomic E-state index is 0.000780. The molecule has 1 saturated heterocycles. The fourth-order valence-corrected chi connectivity index (χ4v) is 2.87. The number of nitrogens with zero attached hydrogens (tertiary/aromatic N) is 1. The van der Waals surface area contributed by atoms with Crippen LogP contribution in [0.2, 0.25) is 0 Å². The molecule has 1 unspecified atom stereocenters. The van der Waals surface area contributed by atoms with Gasteiger partial charge in [-0.25, -0.2) is 13.1 Å². The number of nitrogens with one attached hydrogen (secondary N) is 2. The fourth-order valence-electron chi connectivity index (χ4n) is 1.91. The van der Waals surface area contributed by atoms with Crippen molar-refractivity contribution in [3.63, 3.8) is 0 Å². The van der Waals surface area contributed by atoms with Gasteiger partial charge in [-0.3, -0.25) is 4.99 Å². The van der Waals surface area contributed by atoms with Crippen LogP contribution >= 0.6 is 0 Å². The van der Waals surface area contributed by atoms with Crippen LogP contribution in [-0.2, 0) is 14.8 Å². The first-order valence-corrected chi connectivity index (χ1v) is 9.17. The van der Waals surface area contributed by atoms with E-state index >= 15 is 0 Å². The van der Waals surface area contributed by atoms with Gasteiger partial charge in [-0.05, 0) is 25.2 Å². The molecule has 0 aliphatic carbocycles. The van der Waals surface area contributed by atoms with Crippen molar-refractivity contribution in [1.82, 2.24) is 10.0 Å². The highest BCUT2D eigenvalue weighted by atomic mass is 32.2. The fraction of sp³-hybridized carbons (Fsp3) is 0.923. The quantitative estimate of drug-likeness (QED) is 0.432. The molecule has 0 radical (unpaired) electrons. The van der Waals surface area contributed by atoms with E-state index in [9.17, 15) is 8.42 Å². The highest BCUT2D eigenvalue weighted by Gasteiger charge is 2.17. The lowest BCUT2D eigenvalue weighted by atomic mass is 10.1. The molecule has 1 rings (SSSR count). The van der Waals surface area contributed by atoms with Gasteiger partial charge < -0.3 is 15.8 Å². The van der Waals surface area contributed by atoms with Crippen LogP contribution in [-0.4, -0.2) is 52.5 Å². The summed E-state index contributed by atoms with van der Waals surface area (Å²) in [6.45, 7) is 6.02. The minimum Gasteiger partial charge on any atom is -0.377 e. The Morgan fingerprint density at radius 3 is 2.81 bits per heavy atom. The molecule has 1 aliphatic rings. The zero-order valence-corrected chi connectivity index (χ0v) is 13.8. The summed E-state index contributed by atoms with van der Waals surface area (Å²) in [6.07, 6.45) is 3.06. The second kappa shape index (κ2) is 9.22. The number of hydrogen-bond donors (Lipinski definition) is 3. The van der Waals surface area contributed by atoms with Crippen LogP contribution in [0.15, 0.2) is 4.99 Å². The number of guanidine groups is 1. The van der Waals surface area contributed by atoms with Gasteiger partial charge in [0.2, 0.25) is 10.0 Å². The highest BCUT2D eigenvalue weighted by molar-refractivity contribution is 7.89. The molecule has 1 heterocycles. The van der Waals surface area contributed by atoms with E-state index in [1.54, 1.807) is 0 Å². The van der Waals surface area contributed by atoms with Crippen molar-refractivity contribution in [2.75, 3.05) is 32.0 Å². The van der Waals surface area contributed by atoms with Crippen LogP contribution in [0.5, 0.6) is 0 Å². The average molecular weight is 320 g/mol. The Bertz CT molecular complexity index is 417. The van der Waals surface area contributed by atoms with Crippen molar-refractivity contribution in [1.29, 1.82) is 0 Å². The number of rotatable bonds is 8. The Hall–Kier alpha value is -0.860. The molecule has 0 aromatic carbocycles. The lowest BCUT2D eigenvalue weighted by molar-refractivity contribution is 0.0200. The van der Waals surface area contributed by atoms with Gasteiger partial charge in [-0.15, -0.1) is 0 Å². The Morgan fingerprint density at radius 1 is 1.43 bits per heavy atom. The Kier molecular flexibility index (Phi) is 7.98. The first kappa shape index (κ1) is 18.2. The zero-order valence-electron chi connectivity index (χ0n) is 13.0. The highest BCUT2D eigenvalue weighted by Crippen LogP contribution is 2.11. The summed E-state index contributed by atoms with van der Waals surface area (Å²) in [5.41, 5.74) is 5.65. The molecule has 4 N–H and O–H groups in total. The van der Waals surface area contributed by atoms with Gasteiger partial charge in [0.05, 0.1) is 11.9 Å². The van der Waals surface area contributed by atoms with Crippen molar-refractivity contribution >= 4 is 16.0 Å². The van der Waals surface area contributed by atoms with Crippen LogP contribution in [0, 0.1) is 5.92 Å². The summed E-state index contributed by atoms with van der Waals surface area (Å²) in [5, 5.41) is 2.81.